The molecular formula is C60H109N2O7P. The predicted octanol–water partition coefficient (Wildman–Crippen LogP) is 16.6. The van der Waals surface area contributed by atoms with Gasteiger partial charge in [-0.2, -0.15) is 0 Å². The Labute approximate surface area is 432 Å². The molecule has 1 N–H and O–H groups in total. The van der Waals surface area contributed by atoms with E-state index >= 15 is 0 Å². The summed E-state index contributed by atoms with van der Waals surface area (Å²) in [5.74, 6) is -0.567. The van der Waals surface area contributed by atoms with Gasteiger partial charge in [-0.05, 0) is 96.0 Å². The van der Waals surface area contributed by atoms with E-state index in [1.165, 1.54) is 89.9 Å². The van der Waals surface area contributed by atoms with Gasteiger partial charge in [-0.25, -0.2) is 0 Å². The van der Waals surface area contributed by atoms with Crippen LogP contribution in [0.4, 0.5) is 0 Å². The summed E-state index contributed by atoms with van der Waals surface area (Å²) in [7, 11) is 1.16. The Morgan fingerprint density at radius 2 is 0.914 bits per heavy atom. The van der Waals surface area contributed by atoms with Crippen molar-refractivity contribution in [2.24, 2.45) is 0 Å². The number of quaternary nitrogens is 1. The number of rotatable bonds is 51. The number of amides is 1. The highest BCUT2D eigenvalue weighted by atomic mass is 31.2. The second kappa shape index (κ2) is 50.0. The molecule has 0 rings (SSSR count). The molecule has 0 aliphatic rings. The maximum Gasteiger partial charge on any atom is 0.306 e. The number of hydrogen-bond donors (Lipinski definition) is 1. The van der Waals surface area contributed by atoms with Crippen LogP contribution in [0.2, 0.25) is 0 Å². The molecule has 10 heteroatoms. The normalized spacial score (nSPS) is 14.3. The lowest BCUT2D eigenvalue weighted by atomic mass is 10.1. The van der Waals surface area contributed by atoms with E-state index in [9.17, 15) is 19.0 Å². The molecule has 70 heavy (non-hydrogen) atoms. The summed E-state index contributed by atoms with van der Waals surface area (Å²) in [5.41, 5.74) is 0. The fourth-order valence-electron chi connectivity index (χ4n) is 7.92. The molecule has 0 fully saturated rings. The number of unbranched alkanes of at least 4 members (excludes halogenated alkanes) is 25. The van der Waals surface area contributed by atoms with E-state index in [1.54, 1.807) is 0 Å². The summed E-state index contributed by atoms with van der Waals surface area (Å²) in [6.45, 7) is 6.68. The van der Waals surface area contributed by atoms with Crippen LogP contribution in [0.25, 0.3) is 0 Å². The number of carbonyl (C=O) groups excluding carboxylic acids is 2. The lowest BCUT2D eigenvalue weighted by molar-refractivity contribution is -0.870. The molecule has 0 saturated heterocycles. The molecule has 0 aromatic heterocycles. The van der Waals surface area contributed by atoms with E-state index in [4.69, 9.17) is 13.8 Å². The van der Waals surface area contributed by atoms with Crippen molar-refractivity contribution in [1.82, 2.24) is 5.32 Å². The van der Waals surface area contributed by atoms with Crippen LogP contribution in [0, 0.1) is 0 Å². The number of likely N-dealkylation sites (N-methyl/N-ethyl adjacent to an activating group) is 1. The van der Waals surface area contributed by atoms with Crippen LogP contribution in [-0.4, -0.2) is 69.4 Å². The van der Waals surface area contributed by atoms with Crippen LogP contribution < -0.4 is 10.2 Å². The topological polar surface area (TPSA) is 114 Å². The first-order chi connectivity index (χ1) is 33.9. The van der Waals surface area contributed by atoms with Gasteiger partial charge in [-0.1, -0.05) is 210 Å². The van der Waals surface area contributed by atoms with Crippen molar-refractivity contribution < 1.29 is 37.3 Å². The smallest absolute Gasteiger partial charge is 0.306 e. The minimum atomic E-state index is -4.70. The van der Waals surface area contributed by atoms with Crippen molar-refractivity contribution in [3.8, 4) is 0 Å². The summed E-state index contributed by atoms with van der Waals surface area (Å²) >= 11 is 0. The van der Waals surface area contributed by atoms with E-state index in [0.717, 1.165) is 122 Å². The first-order valence-corrected chi connectivity index (χ1v) is 30.2. The highest BCUT2D eigenvalue weighted by Gasteiger charge is 2.27. The van der Waals surface area contributed by atoms with Crippen LogP contribution in [0.5, 0.6) is 0 Å². The minimum Gasteiger partial charge on any atom is -0.756 e. The molecule has 1 amide bonds. The molecule has 0 heterocycles. The predicted molar refractivity (Wildman–Crippen MR) is 298 cm³/mol. The molecule has 0 aliphatic heterocycles. The van der Waals surface area contributed by atoms with Crippen LogP contribution in [0.1, 0.15) is 245 Å². The largest absolute Gasteiger partial charge is 0.756 e. The Morgan fingerprint density at radius 1 is 0.514 bits per heavy atom. The zero-order chi connectivity index (χ0) is 51.5. The summed E-state index contributed by atoms with van der Waals surface area (Å²) in [6, 6.07) is -0.900. The molecule has 0 spiro atoms. The maximum atomic E-state index is 13.5. The number of esters is 1. The highest BCUT2D eigenvalue weighted by molar-refractivity contribution is 7.45. The van der Waals surface area contributed by atoms with Gasteiger partial charge in [-0.3, -0.25) is 14.2 Å². The molecule has 0 aromatic rings. The molecule has 9 nitrogen and oxygen atoms in total. The minimum absolute atomic E-state index is 0.0290. The summed E-state index contributed by atoms with van der Waals surface area (Å²) in [4.78, 5) is 39.8. The number of ether oxygens (including phenoxy) is 1. The van der Waals surface area contributed by atoms with E-state index in [1.807, 2.05) is 33.3 Å². The SMILES string of the molecule is CC/C=C/C/C=C/C/C=C/CCCCCCCCC(=O)NC(COP(=O)([O-])OCC[N+](C)(C)C)C(/C=C/CCCCCCCCCCC)OC(=O)CCCCCCCCC/C=C\C/C=C\CCCCC. The van der Waals surface area contributed by atoms with Gasteiger partial charge in [-0.15, -0.1) is 0 Å². The first kappa shape index (κ1) is 67.5. The number of phosphoric acid groups is 1. The quantitative estimate of drug-likeness (QED) is 0.0212. The number of nitrogens with zero attached hydrogens (tertiary/aromatic N) is 1. The number of hydrogen-bond acceptors (Lipinski definition) is 7. The molecule has 3 unspecified atom stereocenters. The molecule has 406 valence electrons. The van der Waals surface area contributed by atoms with E-state index < -0.39 is 26.6 Å². The van der Waals surface area contributed by atoms with Gasteiger partial charge in [0, 0.05) is 12.8 Å². The molecule has 0 radical (unpaired) electrons. The Balaban J connectivity index is 5.34. The van der Waals surface area contributed by atoms with E-state index in [0.29, 0.717) is 17.4 Å². The van der Waals surface area contributed by atoms with Gasteiger partial charge >= 0.3 is 5.97 Å². The Hall–Kier alpha value is -2.55. The highest BCUT2D eigenvalue weighted by Crippen LogP contribution is 2.38. The second-order valence-corrected chi connectivity index (χ2v) is 21.8. The van der Waals surface area contributed by atoms with Gasteiger partial charge in [0.15, 0.2) is 0 Å². The van der Waals surface area contributed by atoms with Crippen molar-refractivity contribution in [3.05, 3.63) is 72.9 Å². The molecular weight excluding hydrogens is 892 g/mol. The van der Waals surface area contributed by atoms with Crippen LogP contribution >= 0.6 is 7.82 Å². The number of carbonyl (C=O) groups is 2. The van der Waals surface area contributed by atoms with Crippen molar-refractivity contribution in [2.75, 3.05) is 40.9 Å². The molecule has 0 aromatic carbocycles. The van der Waals surface area contributed by atoms with Crippen LogP contribution in [0.15, 0.2) is 72.9 Å². The zero-order valence-electron chi connectivity index (χ0n) is 46.2. The summed E-state index contributed by atoms with van der Waals surface area (Å²) < 4.78 is 30.2. The number of nitrogens with one attached hydrogen (secondary N) is 1. The maximum absolute atomic E-state index is 13.5. The van der Waals surface area contributed by atoms with Gasteiger partial charge in [0.1, 0.15) is 19.3 Å². The van der Waals surface area contributed by atoms with Gasteiger partial charge in [0.25, 0.3) is 7.82 Å². The Kier molecular flexibility index (Phi) is 48.2. The lowest BCUT2D eigenvalue weighted by Crippen LogP contribution is -2.47. The molecule has 0 saturated carbocycles. The van der Waals surface area contributed by atoms with E-state index in [-0.39, 0.29) is 24.9 Å². The fraction of sp³-hybridized carbons (Fsp3) is 0.767. The third-order valence-corrected chi connectivity index (χ3v) is 13.3. The summed E-state index contributed by atoms with van der Waals surface area (Å²) in [6.07, 6.45) is 62.9. The van der Waals surface area contributed by atoms with Crippen molar-refractivity contribution >= 4 is 19.7 Å². The zero-order valence-corrected chi connectivity index (χ0v) is 47.1. The standard InChI is InChI=1S/C60H109N2O7P/c1-7-10-13-16-19-22-25-27-29-31-33-35-38-41-44-47-50-53-60(64)69-58(51-48-45-42-39-36-24-21-18-15-12-9-3)57(56-68-70(65,66)67-55-54-62(4,5)6)61-59(63)52-49-46-43-40-37-34-32-30-28-26-23-20-17-14-11-8-2/h11,14,19-20,22-23,27-30,48,51,57-58H,7-10,12-13,15-18,21,24-26,31-47,49-50,52-56H2,1-6H3,(H-,61,63,65,66)/b14-11+,22-19-,23-20+,29-27-,30-28+,51-48+. The average Bonchev–Trinajstić information content (AvgIpc) is 3.32. The molecule has 0 bridgehead atoms. The van der Waals surface area contributed by atoms with Crippen molar-refractivity contribution in [3.63, 3.8) is 0 Å². The second-order valence-electron chi connectivity index (χ2n) is 20.4. The monoisotopic (exact) mass is 1000 g/mol. The van der Waals surface area contributed by atoms with E-state index in [2.05, 4.69) is 86.8 Å². The Morgan fingerprint density at radius 3 is 1.40 bits per heavy atom. The van der Waals surface area contributed by atoms with Crippen LogP contribution in [-0.2, 0) is 27.9 Å². The molecule has 3 atom stereocenters. The lowest BCUT2D eigenvalue weighted by Gasteiger charge is -2.30. The van der Waals surface area contributed by atoms with Crippen molar-refractivity contribution in [1.29, 1.82) is 0 Å². The van der Waals surface area contributed by atoms with Gasteiger partial charge in [0.05, 0.1) is 33.8 Å². The van der Waals surface area contributed by atoms with Crippen molar-refractivity contribution in [2.45, 2.75) is 258 Å². The third kappa shape index (κ3) is 50.4. The third-order valence-electron chi connectivity index (χ3n) is 12.4. The summed E-state index contributed by atoms with van der Waals surface area (Å²) in [5, 5.41) is 3.01. The average molecular weight is 1000 g/mol. The van der Waals surface area contributed by atoms with Gasteiger partial charge < -0.3 is 28.5 Å². The Bertz CT molecular complexity index is 1430. The van der Waals surface area contributed by atoms with Gasteiger partial charge in [0.2, 0.25) is 5.91 Å². The molecule has 0 aliphatic carbocycles. The number of phosphoric ester groups is 1. The number of allylic oxidation sites excluding steroid dienone is 11. The fourth-order valence-corrected chi connectivity index (χ4v) is 8.64. The van der Waals surface area contributed by atoms with Crippen LogP contribution in [0.3, 0.4) is 0 Å². The first-order valence-electron chi connectivity index (χ1n) is 28.7.